The number of aromatic nitrogens is 4. The lowest BCUT2D eigenvalue weighted by Crippen LogP contribution is -2.40. The van der Waals surface area contributed by atoms with Crippen LogP contribution >= 0.6 is 0 Å². The van der Waals surface area contributed by atoms with Crippen LogP contribution in [0, 0.1) is 0 Å². The summed E-state index contributed by atoms with van der Waals surface area (Å²) in [5.41, 5.74) is 8.74. The van der Waals surface area contributed by atoms with Crippen molar-refractivity contribution < 1.29 is 0 Å². The Balaban J connectivity index is 1.70. The van der Waals surface area contributed by atoms with Crippen LogP contribution < -0.4 is 10.6 Å². The van der Waals surface area contributed by atoms with Gasteiger partial charge in [0.1, 0.15) is 11.5 Å². The van der Waals surface area contributed by atoms with Crippen molar-refractivity contribution in [3.8, 4) is 11.3 Å². The van der Waals surface area contributed by atoms with Gasteiger partial charge in [0.2, 0.25) is 0 Å². The van der Waals surface area contributed by atoms with Crippen molar-refractivity contribution in [3.05, 3.63) is 36.9 Å². The van der Waals surface area contributed by atoms with E-state index in [0.717, 1.165) is 54.0 Å². The molecule has 6 nitrogen and oxygen atoms in total. The Hall–Kier alpha value is -2.47. The molecule has 0 unspecified atom stereocenters. The van der Waals surface area contributed by atoms with Crippen molar-refractivity contribution in [2.24, 2.45) is 5.73 Å². The van der Waals surface area contributed by atoms with Crippen molar-refractivity contribution in [2.75, 3.05) is 18.0 Å². The van der Waals surface area contributed by atoms with Crippen LogP contribution in [0.4, 0.5) is 5.82 Å². The molecule has 0 spiro atoms. The normalized spacial score (nSPS) is 16.3. The average Bonchev–Trinajstić information content (AvgIpc) is 3.00. The van der Waals surface area contributed by atoms with Gasteiger partial charge in [-0.25, -0.2) is 9.97 Å². The number of rotatable bonds is 2. The van der Waals surface area contributed by atoms with Crippen LogP contribution in [0.5, 0.6) is 0 Å². The summed E-state index contributed by atoms with van der Waals surface area (Å²) >= 11 is 0. The fourth-order valence-electron chi connectivity index (χ4n) is 2.93. The van der Waals surface area contributed by atoms with E-state index < -0.39 is 0 Å². The average molecular weight is 294 g/mol. The Morgan fingerprint density at radius 3 is 2.95 bits per heavy atom. The molecule has 112 valence electrons. The fourth-order valence-corrected chi connectivity index (χ4v) is 2.93. The minimum absolute atomic E-state index is 0.312. The molecule has 0 saturated carbocycles. The highest BCUT2D eigenvalue weighted by atomic mass is 15.2. The van der Waals surface area contributed by atoms with Crippen molar-refractivity contribution in [2.45, 2.75) is 18.9 Å². The number of anilines is 1. The second kappa shape index (κ2) is 5.38. The maximum absolute atomic E-state index is 5.97. The van der Waals surface area contributed by atoms with Crippen LogP contribution in [-0.4, -0.2) is 39.1 Å². The van der Waals surface area contributed by atoms with Crippen LogP contribution in [0.1, 0.15) is 12.8 Å². The van der Waals surface area contributed by atoms with Crippen molar-refractivity contribution >= 4 is 16.9 Å². The largest absolute Gasteiger partial charge is 0.355 e. The van der Waals surface area contributed by atoms with E-state index in [1.807, 2.05) is 24.5 Å². The van der Waals surface area contributed by atoms with Crippen LogP contribution in [0.15, 0.2) is 36.9 Å². The standard InChI is InChI=1S/C16H18N6/c17-11-3-6-22(7-4-11)15-10-18-9-14(21-15)13-8-20-16-12(13)2-1-5-19-16/h1-2,5,8-11H,3-4,6-7,17H2,(H,19,20). The van der Waals surface area contributed by atoms with Gasteiger partial charge in [0.25, 0.3) is 0 Å². The van der Waals surface area contributed by atoms with E-state index in [9.17, 15) is 0 Å². The Kier molecular flexibility index (Phi) is 3.23. The zero-order chi connectivity index (χ0) is 14.9. The van der Waals surface area contributed by atoms with Gasteiger partial charge in [0.15, 0.2) is 0 Å². The SMILES string of the molecule is NC1CCN(c2cncc(-c3c[nH]c4ncccc34)n2)CC1. The van der Waals surface area contributed by atoms with Gasteiger partial charge in [-0.3, -0.25) is 4.98 Å². The van der Waals surface area contributed by atoms with Gasteiger partial charge in [-0.05, 0) is 25.0 Å². The molecule has 1 fully saturated rings. The monoisotopic (exact) mass is 294 g/mol. The molecule has 3 N–H and O–H groups in total. The molecule has 0 aromatic carbocycles. The van der Waals surface area contributed by atoms with Crippen LogP contribution in [0.2, 0.25) is 0 Å². The summed E-state index contributed by atoms with van der Waals surface area (Å²) in [5, 5.41) is 1.06. The van der Waals surface area contributed by atoms with Crippen molar-refractivity contribution in [1.29, 1.82) is 0 Å². The summed E-state index contributed by atoms with van der Waals surface area (Å²) in [6.45, 7) is 1.88. The number of hydrogen-bond acceptors (Lipinski definition) is 5. The maximum atomic E-state index is 5.97. The maximum Gasteiger partial charge on any atom is 0.147 e. The Bertz CT molecular complexity index is 788. The molecule has 1 aliphatic heterocycles. The lowest BCUT2D eigenvalue weighted by Gasteiger charge is -2.30. The Morgan fingerprint density at radius 2 is 2.09 bits per heavy atom. The first-order chi connectivity index (χ1) is 10.8. The number of aromatic amines is 1. The lowest BCUT2D eigenvalue weighted by atomic mass is 10.1. The van der Waals surface area contributed by atoms with Crippen LogP contribution in [0.25, 0.3) is 22.3 Å². The molecule has 0 radical (unpaired) electrons. The van der Waals surface area contributed by atoms with Gasteiger partial charge in [0, 0.05) is 42.5 Å². The van der Waals surface area contributed by atoms with E-state index in [4.69, 9.17) is 10.7 Å². The molecule has 0 bridgehead atoms. The highest BCUT2D eigenvalue weighted by molar-refractivity contribution is 5.92. The summed E-state index contributed by atoms with van der Waals surface area (Å²) in [6.07, 6.45) is 9.35. The second-order valence-electron chi connectivity index (χ2n) is 5.69. The first-order valence-electron chi connectivity index (χ1n) is 7.56. The first-order valence-corrected chi connectivity index (χ1v) is 7.56. The molecular weight excluding hydrogens is 276 g/mol. The second-order valence-corrected chi connectivity index (χ2v) is 5.69. The molecule has 3 aromatic rings. The van der Waals surface area contributed by atoms with Gasteiger partial charge in [-0.1, -0.05) is 0 Å². The molecule has 0 amide bonds. The highest BCUT2D eigenvalue weighted by Crippen LogP contribution is 2.27. The number of hydrogen-bond donors (Lipinski definition) is 2. The molecule has 22 heavy (non-hydrogen) atoms. The van der Waals surface area contributed by atoms with E-state index in [1.165, 1.54) is 0 Å². The van der Waals surface area contributed by atoms with E-state index in [-0.39, 0.29) is 0 Å². The van der Waals surface area contributed by atoms with E-state index in [1.54, 1.807) is 12.4 Å². The smallest absolute Gasteiger partial charge is 0.147 e. The number of pyridine rings is 1. The highest BCUT2D eigenvalue weighted by Gasteiger charge is 2.18. The molecule has 0 aliphatic carbocycles. The first kappa shape index (κ1) is 13.2. The zero-order valence-corrected chi connectivity index (χ0v) is 12.2. The number of fused-ring (bicyclic) bond motifs is 1. The molecule has 4 rings (SSSR count). The third kappa shape index (κ3) is 2.31. The predicted octanol–water partition coefficient (Wildman–Crippen LogP) is 1.95. The van der Waals surface area contributed by atoms with E-state index >= 15 is 0 Å². The zero-order valence-electron chi connectivity index (χ0n) is 12.2. The van der Waals surface area contributed by atoms with Gasteiger partial charge in [-0.15, -0.1) is 0 Å². The number of nitrogens with one attached hydrogen (secondary N) is 1. The Labute approximate surface area is 128 Å². The minimum atomic E-state index is 0.312. The fraction of sp³-hybridized carbons (Fsp3) is 0.312. The molecule has 1 aliphatic rings. The molecule has 1 saturated heterocycles. The summed E-state index contributed by atoms with van der Waals surface area (Å²) in [7, 11) is 0. The predicted molar refractivity (Wildman–Crippen MR) is 86.5 cm³/mol. The molecule has 0 atom stereocenters. The third-order valence-corrected chi connectivity index (χ3v) is 4.21. The van der Waals surface area contributed by atoms with Gasteiger partial charge in [0.05, 0.1) is 18.1 Å². The topological polar surface area (TPSA) is 83.7 Å². The summed E-state index contributed by atoms with van der Waals surface area (Å²) < 4.78 is 0. The van der Waals surface area contributed by atoms with Gasteiger partial charge < -0.3 is 15.6 Å². The van der Waals surface area contributed by atoms with E-state index in [2.05, 4.69) is 19.9 Å². The molecule has 3 aromatic heterocycles. The van der Waals surface area contributed by atoms with Gasteiger partial charge >= 0.3 is 0 Å². The molecule has 4 heterocycles. The quantitative estimate of drug-likeness (QED) is 0.754. The minimum Gasteiger partial charge on any atom is -0.355 e. The van der Waals surface area contributed by atoms with Crippen LogP contribution in [-0.2, 0) is 0 Å². The summed E-state index contributed by atoms with van der Waals surface area (Å²) in [6, 6.07) is 4.29. The van der Waals surface area contributed by atoms with Crippen molar-refractivity contribution in [3.63, 3.8) is 0 Å². The summed E-state index contributed by atoms with van der Waals surface area (Å²) in [5.74, 6) is 0.919. The van der Waals surface area contributed by atoms with Crippen LogP contribution in [0.3, 0.4) is 0 Å². The van der Waals surface area contributed by atoms with Crippen molar-refractivity contribution in [1.82, 2.24) is 19.9 Å². The summed E-state index contributed by atoms with van der Waals surface area (Å²) in [4.78, 5) is 18.9. The number of nitrogens with zero attached hydrogens (tertiary/aromatic N) is 4. The van der Waals surface area contributed by atoms with Gasteiger partial charge in [-0.2, -0.15) is 0 Å². The Morgan fingerprint density at radius 1 is 1.23 bits per heavy atom. The lowest BCUT2D eigenvalue weighted by molar-refractivity contribution is 0.498. The third-order valence-electron chi connectivity index (χ3n) is 4.21. The number of piperidine rings is 1. The molecular formula is C16H18N6. The molecule has 6 heteroatoms. The van der Waals surface area contributed by atoms with E-state index in [0.29, 0.717) is 6.04 Å². The number of nitrogens with two attached hydrogens (primary N) is 1. The number of H-pyrrole nitrogens is 1.